The van der Waals surface area contributed by atoms with Crippen molar-refractivity contribution in [2.24, 2.45) is 0 Å². The summed E-state index contributed by atoms with van der Waals surface area (Å²) in [5.41, 5.74) is 0. The number of pyridine rings is 1. The molecular weight excluding hydrogens is 318 g/mol. The SMILES string of the molecule is CCNc1ncc(S(=O)(=O)NC2CCSCC2)cc1Cl. The molecule has 20 heavy (non-hydrogen) atoms. The highest BCUT2D eigenvalue weighted by Gasteiger charge is 2.23. The van der Waals surface area contributed by atoms with Crippen LogP contribution >= 0.6 is 23.4 Å². The Bertz CT molecular complexity index is 560. The van der Waals surface area contributed by atoms with Gasteiger partial charge in [-0.15, -0.1) is 0 Å². The summed E-state index contributed by atoms with van der Waals surface area (Å²) in [6.45, 7) is 2.60. The van der Waals surface area contributed by atoms with Gasteiger partial charge in [-0.3, -0.25) is 0 Å². The highest BCUT2D eigenvalue weighted by molar-refractivity contribution is 7.99. The van der Waals surface area contributed by atoms with Gasteiger partial charge < -0.3 is 5.32 Å². The van der Waals surface area contributed by atoms with Gasteiger partial charge in [-0.25, -0.2) is 18.1 Å². The van der Waals surface area contributed by atoms with Gasteiger partial charge in [0, 0.05) is 18.8 Å². The van der Waals surface area contributed by atoms with Crippen molar-refractivity contribution in [1.82, 2.24) is 9.71 Å². The molecule has 8 heteroatoms. The highest BCUT2D eigenvalue weighted by atomic mass is 35.5. The molecule has 1 aromatic heterocycles. The van der Waals surface area contributed by atoms with Crippen molar-refractivity contribution in [3.63, 3.8) is 0 Å². The molecule has 1 fully saturated rings. The van der Waals surface area contributed by atoms with Gasteiger partial charge in [-0.2, -0.15) is 11.8 Å². The Balaban J connectivity index is 2.14. The summed E-state index contributed by atoms with van der Waals surface area (Å²) in [4.78, 5) is 4.17. The summed E-state index contributed by atoms with van der Waals surface area (Å²) in [5.74, 6) is 2.49. The average Bonchev–Trinajstić information content (AvgIpc) is 2.42. The van der Waals surface area contributed by atoms with E-state index in [1.165, 1.54) is 12.3 Å². The minimum Gasteiger partial charge on any atom is -0.369 e. The monoisotopic (exact) mass is 335 g/mol. The zero-order valence-corrected chi connectivity index (χ0v) is 13.6. The van der Waals surface area contributed by atoms with E-state index in [0.717, 1.165) is 24.3 Å². The van der Waals surface area contributed by atoms with E-state index in [0.29, 0.717) is 17.4 Å². The Kier molecular flexibility index (Phi) is 5.54. The topological polar surface area (TPSA) is 71.1 Å². The third kappa shape index (κ3) is 4.00. The average molecular weight is 336 g/mol. The largest absolute Gasteiger partial charge is 0.369 e. The summed E-state index contributed by atoms with van der Waals surface area (Å²) >= 11 is 7.89. The molecular formula is C12H18ClN3O2S2. The number of anilines is 1. The minimum atomic E-state index is -3.55. The Labute approximate surface area is 128 Å². The van der Waals surface area contributed by atoms with Gasteiger partial charge in [0.15, 0.2) is 0 Å². The summed E-state index contributed by atoms with van der Waals surface area (Å²) in [7, 11) is -3.55. The zero-order valence-electron chi connectivity index (χ0n) is 11.2. The fourth-order valence-electron chi connectivity index (χ4n) is 1.97. The molecule has 5 nitrogen and oxygen atoms in total. The predicted octanol–water partition coefficient (Wildman–Crippen LogP) is 2.34. The normalized spacial score (nSPS) is 17.1. The van der Waals surface area contributed by atoms with E-state index in [4.69, 9.17) is 11.6 Å². The van der Waals surface area contributed by atoms with Crippen LogP contribution in [0.3, 0.4) is 0 Å². The molecule has 0 saturated carbocycles. The van der Waals surface area contributed by atoms with Crippen LogP contribution in [0.2, 0.25) is 5.02 Å². The van der Waals surface area contributed by atoms with Gasteiger partial charge >= 0.3 is 0 Å². The molecule has 0 aliphatic carbocycles. The van der Waals surface area contributed by atoms with E-state index in [-0.39, 0.29) is 10.9 Å². The highest BCUT2D eigenvalue weighted by Crippen LogP contribution is 2.24. The standard InChI is InChI=1S/C12H18ClN3O2S2/c1-2-14-12-11(13)7-10(8-15-12)20(17,18)16-9-3-5-19-6-4-9/h7-9,16H,2-6H2,1H3,(H,14,15). The van der Waals surface area contributed by atoms with Gasteiger partial charge in [0.1, 0.15) is 10.7 Å². The third-order valence-electron chi connectivity index (χ3n) is 3.01. The molecule has 1 aliphatic heterocycles. The molecule has 0 bridgehead atoms. The van der Waals surface area contributed by atoms with Crippen LogP contribution in [0.5, 0.6) is 0 Å². The van der Waals surface area contributed by atoms with Crippen LogP contribution in [-0.2, 0) is 10.0 Å². The molecule has 1 aliphatic rings. The third-order valence-corrected chi connectivity index (χ3v) is 5.84. The van der Waals surface area contributed by atoms with E-state index in [9.17, 15) is 8.42 Å². The fourth-order valence-corrected chi connectivity index (χ4v) is 4.65. The molecule has 2 N–H and O–H groups in total. The molecule has 2 heterocycles. The van der Waals surface area contributed by atoms with E-state index < -0.39 is 10.0 Å². The first-order valence-corrected chi connectivity index (χ1v) is 9.54. The Morgan fingerprint density at radius 1 is 1.45 bits per heavy atom. The molecule has 0 spiro atoms. The zero-order chi connectivity index (χ0) is 14.6. The van der Waals surface area contributed by atoms with Crippen LogP contribution in [0.1, 0.15) is 19.8 Å². The lowest BCUT2D eigenvalue weighted by molar-refractivity contribution is 0.528. The summed E-state index contributed by atoms with van der Waals surface area (Å²) in [6, 6.07) is 1.44. The first kappa shape index (κ1) is 15.9. The maximum atomic E-state index is 12.3. The minimum absolute atomic E-state index is 0.00784. The van der Waals surface area contributed by atoms with Crippen LogP contribution < -0.4 is 10.0 Å². The van der Waals surface area contributed by atoms with Crippen LogP contribution in [0.25, 0.3) is 0 Å². The maximum Gasteiger partial charge on any atom is 0.242 e. The summed E-state index contributed by atoms with van der Waals surface area (Å²) in [5, 5.41) is 3.29. The first-order valence-electron chi connectivity index (χ1n) is 6.52. The van der Waals surface area contributed by atoms with Crippen molar-refractivity contribution in [3.05, 3.63) is 17.3 Å². The van der Waals surface area contributed by atoms with Crippen LogP contribution in [0.15, 0.2) is 17.2 Å². The van der Waals surface area contributed by atoms with Crippen molar-refractivity contribution in [2.75, 3.05) is 23.4 Å². The predicted molar refractivity (Wildman–Crippen MR) is 84.1 cm³/mol. The Morgan fingerprint density at radius 2 is 2.15 bits per heavy atom. The van der Waals surface area contributed by atoms with E-state index in [2.05, 4.69) is 15.0 Å². The second-order valence-corrected chi connectivity index (χ2v) is 7.89. The maximum absolute atomic E-state index is 12.3. The van der Waals surface area contributed by atoms with E-state index in [1.54, 1.807) is 0 Å². The Morgan fingerprint density at radius 3 is 2.75 bits per heavy atom. The first-order chi connectivity index (χ1) is 9.53. The molecule has 0 atom stereocenters. The summed E-state index contributed by atoms with van der Waals surface area (Å²) < 4.78 is 27.3. The number of aromatic nitrogens is 1. The molecule has 0 amide bonds. The van der Waals surface area contributed by atoms with Crippen molar-refractivity contribution in [3.8, 4) is 0 Å². The second-order valence-electron chi connectivity index (χ2n) is 4.54. The number of halogens is 1. The lowest BCUT2D eigenvalue weighted by Gasteiger charge is -2.22. The van der Waals surface area contributed by atoms with Gasteiger partial charge in [-0.1, -0.05) is 11.6 Å². The van der Waals surface area contributed by atoms with Crippen molar-refractivity contribution >= 4 is 39.2 Å². The fraction of sp³-hybridized carbons (Fsp3) is 0.583. The smallest absolute Gasteiger partial charge is 0.242 e. The molecule has 2 rings (SSSR count). The van der Waals surface area contributed by atoms with Crippen LogP contribution in [0.4, 0.5) is 5.82 Å². The van der Waals surface area contributed by atoms with Crippen molar-refractivity contribution < 1.29 is 8.42 Å². The number of sulfonamides is 1. The number of hydrogen-bond acceptors (Lipinski definition) is 5. The molecule has 0 aromatic carbocycles. The molecule has 112 valence electrons. The van der Waals surface area contributed by atoms with Crippen molar-refractivity contribution in [1.29, 1.82) is 0 Å². The number of rotatable bonds is 5. The van der Waals surface area contributed by atoms with Crippen LogP contribution in [-0.4, -0.2) is 37.5 Å². The molecule has 1 aromatic rings. The van der Waals surface area contributed by atoms with E-state index in [1.807, 2.05) is 18.7 Å². The van der Waals surface area contributed by atoms with Crippen molar-refractivity contribution in [2.45, 2.75) is 30.7 Å². The Hall–Kier alpha value is -0.500. The number of nitrogens with one attached hydrogen (secondary N) is 2. The molecule has 0 unspecified atom stereocenters. The van der Waals surface area contributed by atoms with Gasteiger partial charge in [-0.05, 0) is 37.3 Å². The number of thioether (sulfide) groups is 1. The van der Waals surface area contributed by atoms with Gasteiger partial charge in [0.25, 0.3) is 0 Å². The number of hydrogen-bond donors (Lipinski definition) is 2. The van der Waals surface area contributed by atoms with Gasteiger partial charge in [0.2, 0.25) is 10.0 Å². The lowest BCUT2D eigenvalue weighted by atomic mass is 10.2. The lowest BCUT2D eigenvalue weighted by Crippen LogP contribution is -2.37. The van der Waals surface area contributed by atoms with E-state index >= 15 is 0 Å². The van der Waals surface area contributed by atoms with Crippen LogP contribution in [0, 0.1) is 0 Å². The summed E-state index contributed by atoms with van der Waals surface area (Å²) in [6.07, 6.45) is 3.06. The van der Waals surface area contributed by atoms with Gasteiger partial charge in [0.05, 0.1) is 5.02 Å². The molecule has 0 radical (unpaired) electrons. The molecule has 1 saturated heterocycles. The quantitative estimate of drug-likeness (QED) is 0.864. The number of nitrogens with zero attached hydrogens (tertiary/aromatic N) is 1. The second kappa shape index (κ2) is 6.98.